The Morgan fingerprint density at radius 1 is 0.708 bits per heavy atom. The zero-order valence-electron chi connectivity index (χ0n) is 26.7. The first-order chi connectivity index (χ1) is 23.7. The molecule has 0 spiro atoms. The standard InChI is InChI=1S/C46H34N2/c1-31-11-5-7-13-33(31)14-8-6-12-32-19-22-42-43-24-21-35-30-34(37-25-26-41(44-27-28-47-44)40-18-10-9-17-39(37)40)20-23-38(35)46(43)48(45(42)29-32)36-15-3-2-4-16-36/h2-11,13-19,21-22,24-30H,1,12,20,23H2/b8-6-,33-14-. The van der Waals surface area contributed by atoms with Crippen molar-refractivity contribution in [2.45, 2.75) is 19.3 Å². The van der Waals surface area contributed by atoms with E-state index in [1.54, 1.807) is 0 Å². The number of benzene rings is 6. The van der Waals surface area contributed by atoms with Gasteiger partial charge in [0.1, 0.15) is 0 Å². The summed E-state index contributed by atoms with van der Waals surface area (Å²) in [6.07, 6.45) is 15.8. The summed E-state index contributed by atoms with van der Waals surface area (Å²) in [5, 5.41) is 7.37. The molecule has 7 aromatic rings. The largest absolute Gasteiger partial charge is 0.309 e. The van der Waals surface area contributed by atoms with E-state index >= 15 is 0 Å². The first-order valence-corrected chi connectivity index (χ1v) is 16.8. The van der Waals surface area contributed by atoms with E-state index in [1.807, 2.05) is 12.3 Å². The summed E-state index contributed by atoms with van der Waals surface area (Å²) < 4.78 is 2.50. The Kier molecular flexibility index (Phi) is 6.87. The lowest BCUT2D eigenvalue weighted by atomic mass is 9.84. The molecule has 0 N–H and O–H groups in total. The number of aromatic nitrogens is 1. The molecule has 0 amide bonds. The van der Waals surface area contributed by atoms with Gasteiger partial charge >= 0.3 is 0 Å². The van der Waals surface area contributed by atoms with E-state index in [9.17, 15) is 0 Å². The number of aliphatic imine (C=N–C) groups is 1. The Morgan fingerprint density at radius 3 is 2.27 bits per heavy atom. The maximum atomic E-state index is 4.49. The van der Waals surface area contributed by atoms with Crippen LogP contribution in [0.15, 0.2) is 151 Å². The lowest BCUT2D eigenvalue weighted by molar-refractivity contribution is 1.000. The lowest BCUT2D eigenvalue weighted by Crippen LogP contribution is -2.21. The van der Waals surface area contributed by atoms with Gasteiger partial charge in [-0.25, -0.2) is 0 Å². The third-order valence-corrected chi connectivity index (χ3v) is 9.94. The van der Waals surface area contributed by atoms with Gasteiger partial charge in [0.25, 0.3) is 0 Å². The zero-order valence-corrected chi connectivity index (χ0v) is 26.7. The molecule has 2 heteroatoms. The van der Waals surface area contributed by atoms with Crippen molar-refractivity contribution in [2.24, 2.45) is 4.99 Å². The van der Waals surface area contributed by atoms with Crippen molar-refractivity contribution < 1.29 is 0 Å². The quantitative estimate of drug-likeness (QED) is 0.177. The fourth-order valence-electron chi connectivity index (χ4n) is 7.52. The minimum atomic E-state index is 0.864. The van der Waals surface area contributed by atoms with Crippen molar-refractivity contribution in [3.8, 4) is 5.69 Å². The summed E-state index contributed by atoms with van der Waals surface area (Å²) in [6, 6.07) is 44.1. The summed E-state index contributed by atoms with van der Waals surface area (Å²) in [4.78, 5) is 4.49. The Bertz CT molecular complexity index is 2650. The summed E-state index contributed by atoms with van der Waals surface area (Å²) in [7, 11) is 0. The first kappa shape index (κ1) is 28.3. The van der Waals surface area contributed by atoms with Gasteiger partial charge in [0.15, 0.2) is 0 Å². The number of nitrogens with zero attached hydrogens (tertiary/aromatic N) is 2. The van der Waals surface area contributed by atoms with Gasteiger partial charge in [-0.3, -0.25) is 4.99 Å². The highest BCUT2D eigenvalue weighted by molar-refractivity contribution is 6.20. The first-order valence-electron chi connectivity index (χ1n) is 16.8. The molecular formula is C46H34N2. The summed E-state index contributed by atoms with van der Waals surface area (Å²) >= 11 is 0. The van der Waals surface area contributed by atoms with Crippen LogP contribution in [0.2, 0.25) is 0 Å². The van der Waals surface area contributed by atoms with Gasteiger partial charge in [0, 0.05) is 28.2 Å². The van der Waals surface area contributed by atoms with Crippen molar-refractivity contribution in [2.75, 3.05) is 0 Å². The molecule has 1 aliphatic heterocycles. The van der Waals surface area contributed by atoms with Crippen LogP contribution >= 0.6 is 0 Å². The van der Waals surface area contributed by atoms with E-state index in [-0.39, 0.29) is 0 Å². The van der Waals surface area contributed by atoms with Crippen molar-refractivity contribution in [3.05, 3.63) is 184 Å². The number of hydrogen-bond donors (Lipinski definition) is 0. The molecule has 0 saturated heterocycles. The van der Waals surface area contributed by atoms with Crippen LogP contribution in [0.1, 0.15) is 34.2 Å². The molecule has 0 atom stereocenters. The molecule has 0 unspecified atom stereocenters. The highest BCUT2D eigenvalue weighted by Gasteiger charge is 2.22. The van der Waals surface area contributed by atoms with Gasteiger partial charge in [-0.1, -0.05) is 134 Å². The third-order valence-electron chi connectivity index (χ3n) is 9.94. The van der Waals surface area contributed by atoms with Gasteiger partial charge < -0.3 is 4.57 Å². The Hall–Kier alpha value is -5.99. The minimum Gasteiger partial charge on any atom is -0.309 e. The van der Waals surface area contributed by atoms with E-state index in [4.69, 9.17) is 0 Å². The van der Waals surface area contributed by atoms with E-state index in [0.29, 0.717) is 0 Å². The normalized spacial score (nSPS) is 14.5. The highest BCUT2D eigenvalue weighted by atomic mass is 15.0. The smallest absolute Gasteiger partial charge is 0.0723 e. The monoisotopic (exact) mass is 614 g/mol. The van der Waals surface area contributed by atoms with Gasteiger partial charge in [-0.2, -0.15) is 0 Å². The molecule has 6 aromatic carbocycles. The molecule has 2 heterocycles. The lowest BCUT2D eigenvalue weighted by Gasteiger charge is -2.21. The molecular weight excluding hydrogens is 581 g/mol. The average molecular weight is 615 g/mol. The predicted octanol–water partition coefficient (Wildman–Crippen LogP) is 9.73. The number of fused-ring (bicyclic) bond motifs is 6. The SMILES string of the molecule is C=c1cccc/c1=C/C=C\Cc1ccc2c3ccc4c(c3n(-c3ccccc3)c2c1)CCC(c1ccc(C2=NC=C2)c2ccccc12)=C4. The fraction of sp³-hybridized carbons (Fsp3) is 0.0652. The molecule has 0 fully saturated rings. The molecule has 48 heavy (non-hydrogen) atoms. The topological polar surface area (TPSA) is 17.3 Å². The average Bonchev–Trinajstić information content (AvgIpc) is 3.44. The molecule has 9 rings (SSSR count). The van der Waals surface area contributed by atoms with Crippen LogP contribution in [0, 0.1) is 0 Å². The van der Waals surface area contributed by atoms with Crippen molar-refractivity contribution >= 4 is 62.6 Å². The summed E-state index contributed by atoms with van der Waals surface area (Å²) in [6.45, 7) is 4.15. The predicted molar refractivity (Wildman–Crippen MR) is 205 cm³/mol. The fourth-order valence-corrected chi connectivity index (χ4v) is 7.52. The van der Waals surface area contributed by atoms with Crippen LogP contribution in [0.25, 0.3) is 62.6 Å². The second kappa shape index (κ2) is 11.7. The second-order valence-electron chi connectivity index (χ2n) is 12.8. The maximum Gasteiger partial charge on any atom is 0.0723 e. The van der Waals surface area contributed by atoms with Crippen molar-refractivity contribution in [1.82, 2.24) is 4.57 Å². The van der Waals surface area contributed by atoms with Gasteiger partial charge in [0.2, 0.25) is 0 Å². The number of aryl methyl sites for hydroxylation is 1. The van der Waals surface area contributed by atoms with E-state index < -0.39 is 0 Å². The Morgan fingerprint density at radius 2 is 1.46 bits per heavy atom. The number of para-hydroxylation sites is 1. The third kappa shape index (κ3) is 4.77. The van der Waals surface area contributed by atoms with E-state index in [0.717, 1.165) is 35.4 Å². The van der Waals surface area contributed by atoms with Crippen LogP contribution < -0.4 is 10.4 Å². The molecule has 1 aromatic heterocycles. The van der Waals surface area contributed by atoms with Crippen LogP contribution in [-0.2, 0) is 12.8 Å². The van der Waals surface area contributed by atoms with Crippen LogP contribution in [0.4, 0.5) is 0 Å². The summed E-state index contributed by atoms with van der Waals surface area (Å²) in [5.41, 5.74) is 12.8. The van der Waals surface area contributed by atoms with E-state index in [1.165, 1.54) is 71.7 Å². The molecule has 2 nitrogen and oxygen atoms in total. The van der Waals surface area contributed by atoms with Crippen molar-refractivity contribution in [1.29, 1.82) is 0 Å². The maximum absolute atomic E-state index is 4.49. The minimum absolute atomic E-state index is 0.864. The Labute approximate surface area is 280 Å². The molecule has 2 aliphatic rings. The highest BCUT2D eigenvalue weighted by Crippen LogP contribution is 2.41. The number of hydrogen-bond acceptors (Lipinski definition) is 1. The molecule has 0 saturated carbocycles. The van der Waals surface area contributed by atoms with Crippen LogP contribution in [0.3, 0.4) is 0 Å². The molecule has 228 valence electrons. The molecule has 0 bridgehead atoms. The second-order valence-corrected chi connectivity index (χ2v) is 12.8. The van der Waals surface area contributed by atoms with Crippen LogP contribution in [-0.4, -0.2) is 10.3 Å². The summed E-state index contributed by atoms with van der Waals surface area (Å²) in [5.74, 6) is 0. The van der Waals surface area contributed by atoms with Crippen LogP contribution in [0.5, 0.6) is 0 Å². The van der Waals surface area contributed by atoms with Gasteiger partial charge in [0.05, 0.1) is 16.7 Å². The van der Waals surface area contributed by atoms with E-state index in [2.05, 4.69) is 162 Å². The number of rotatable bonds is 6. The number of allylic oxidation sites excluding steroid dienone is 4. The van der Waals surface area contributed by atoms with Gasteiger partial charge in [-0.15, -0.1) is 0 Å². The Balaban J connectivity index is 1.16. The molecule has 1 aliphatic carbocycles. The molecule has 0 radical (unpaired) electrons. The van der Waals surface area contributed by atoms with Crippen molar-refractivity contribution in [3.63, 3.8) is 0 Å². The zero-order chi connectivity index (χ0) is 32.0. The van der Waals surface area contributed by atoms with Gasteiger partial charge in [-0.05, 0) is 92.6 Å².